The van der Waals surface area contributed by atoms with Crippen molar-refractivity contribution in [3.8, 4) is 11.3 Å². The standard InChI is InChI=1S/C22H21FN4O/c1-16-3-2-4-18(13-16)20-14-21(25-15-24-20)26-9-11-27(12-10-26)22(28)17-5-7-19(23)8-6-17/h2-8,13-15H,9-12H2,1H3. The van der Waals surface area contributed by atoms with Crippen LogP contribution in [0.25, 0.3) is 11.3 Å². The van der Waals surface area contributed by atoms with E-state index in [0.717, 1.165) is 17.1 Å². The van der Waals surface area contributed by atoms with Crippen molar-refractivity contribution in [3.63, 3.8) is 0 Å². The number of nitrogens with zero attached hydrogens (tertiary/aromatic N) is 4. The molecule has 1 saturated heterocycles. The summed E-state index contributed by atoms with van der Waals surface area (Å²) in [6.45, 7) is 4.64. The molecule has 0 bridgehead atoms. The number of aryl methyl sites for hydroxylation is 1. The maximum Gasteiger partial charge on any atom is 0.253 e. The summed E-state index contributed by atoms with van der Waals surface area (Å²) in [5.74, 6) is 0.456. The summed E-state index contributed by atoms with van der Waals surface area (Å²) in [4.78, 5) is 25.4. The van der Waals surface area contributed by atoms with Crippen LogP contribution in [0, 0.1) is 12.7 Å². The number of benzene rings is 2. The average Bonchev–Trinajstić information content (AvgIpc) is 2.74. The highest BCUT2D eigenvalue weighted by Crippen LogP contribution is 2.22. The largest absolute Gasteiger partial charge is 0.353 e. The number of halogens is 1. The van der Waals surface area contributed by atoms with Crippen molar-refractivity contribution in [1.82, 2.24) is 14.9 Å². The third kappa shape index (κ3) is 3.86. The SMILES string of the molecule is Cc1cccc(-c2cc(N3CCN(C(=O)c4ccc(F)cc4)CC3)ncn2)c1. The molecule has 142 valence electrons. The summed E-state index contributed by atoms with van der Waals surface area (Å²) in [6.07, 6.45) is 1.59. The van der Waals surface area contributed by atoms with Crippen LogP contribution in [0.15, 0.2) is 60.9 Å². The fourth-order valence-electron chi connectivity index (χ4n) is 3.40. The predicted molar refractivity (Wildman–Crippen MR) is 107 cm³/mol. The Bertz CT molecular complexity index is 982. The Labute approximate surface area is 163 Å². The van der Waals surface area contributed by atoms with Crippen LogP contribution in [-0.4, -0.2) is 47.0 Å². The summed E-state index contributed by atoms with van der Waals surface area (Å²) in [6, 6.07) is 15.9. The van der Waals surface area contributed by atoms with Crippen LogP contribution in [-0.2, 0) is 0 Å². The number of anilines is 1. The minimum atomic E-state index is -0.338. The lowest BCUT2D eigenvalue weighted by Crippen LogP contribution is -2.49. The fraction of sp³-hybridized carbons (Fsp3) is 0.227. The Kier molecular flexibility index (Phi) is 5.02. The third-order valence-corrected chi connectivity index (χ3v) is 4.95. The molecule has 0 radical (unpaired) electrons. The van der Waals surface area contributed by atoms with Crippen molar-refractivity contribution in [3.05, 3.63) is 77.9 Å². The van der Waals surface area contributed by atoms with Crippen LogP contribution in [0.1, 0.15) is 15.9 Å². The van der Waals surface area contributed by atoms with E-state index < -0.39 is 0 Å². The van der Waals surface area contributed by atoms with Crippen LogP contribution in [0.3, 0.4) is 0 Å². The second kappa shape index (κ2) is 7.76. The Hall–Kier alpha value is -3.28. The van der Waals surface area contributed by atoms with E-state index in [1.807, 2.05) is 18.2 Å². The van der Waals surface area contributed by atoms with Crippen LogP contribution >= 0.6 is 0 Å². The van der Waals surface area contributed by atoms with Crippen LogP contribution < -0.4 is 4.90 Å². The molecule has 2 heterocycles. The van der Waals surface area contributed by atoms with Gasteiger partial charge in [0.15, 0.2) is 0 Å². The van der Waals surface area contributed by atoms with Gasteiger partial charge in [0.1, 0.15) is 18.0 Å². The Morgan fingerprint density at radius 1 is 0.964 bits per heavy atom. The number of carbonyl (C=O) groups is 1. The van der Waals surface area contributed by atoms with Crippen molar-refractivity contribution in [2.24, 2.45) is 0 Å². The summed E-state index contributed by atoms with van der Waals surface area (Å²) in [5.41, 5.74) is 3.65. The van der Waals surface area contributed by atoms with Gasteiger partial charge in [0.2, 0.25) is 0 Å². The molecule has 1 fully saturated rings. The minimum absolute atomic E-state index is 0.0669. The minimum Gasteiger partial charge on any atom is -0.353 e. The van der Waals surface area contributed by atoms with E-state index in [4.69, 9.17) is 0 Å². The number of hydrogen-bond acceptors (Lipinski definition) is 4. The van der Waals surface area contributed by atoms with Gasteiger partial charge in [-0.15, -0.1) is 0 Å². The molecule has 0 saturated carbocycles. The van der Waals surface area contributed by atoms with Gasteiger partial charge in [-0.05, 0) is 37.3 Å². The van der Waals surface area contributed by atoms with Gasteiger partial charge in [0.05, 0.1) is 5.69 Å². The lowest BCUT2D eigenvalue weighted by molar-refractivity contribution is 0.0746. The molecule has 0 spiro atoms. The molecular formula is C22H21FN4O. The highest BCUT2D eigenvalue weighted by molar-refractivity contribution is 5.94. The summed E-state index contributed by atoms with van der Waals surface area (Å²) in [7, 11) is 0. The number of hydrogen-bond donors (Lipinski definition) is 0. The quantitative estimate of drug-likeness (QED) is 0.701. The zero-order valence-electron chi connectivity index (χ0n) is 15.7. The van der Waals surface area contributed by atoms with Gasteiger partial charge in [0, 0.05) is 43.4 Å². The van der Waals surface area contributed by atoms with Crippen molar-refractivity contribution in [2.45, 2.75) is 6.92 Å². The number of aromatic nitrogens is 2. The van der Waals surface area contributed by atoms with E-state index in [0.29, 0.717) is 31.7 Å². The van der Waals surface area contributed by atoms with Gasteiger partial charge in [-0.3, -0.25) is 4.79 Å². The van der Waals surface area contributed by atoms with Gasteiger partial charge >= 0.3 is 0 Å². The normalized spacial score (nSPS) is 14.2. The Morgan fingerprint density at radius 3 is 2.43 bits per heavy atom. The van der Waals surface area contributed by atoms with E-state index in [1.165, 1.54) is 29.8 Å². The molecule has 0 N–H and O–H groups in total. The van der Waals surface area contributed by atoms with Gasteiger partial charge in [-0.25, -0.2) is 14.4 Å². The van der Waals surface area contributed by atoms with E-state index in [9.17, 15) is 9.18 Å². The molecule has 0 aliphatic carbocycles. The number of carbonyl (C=O) groups excluding carboxylic acids is 1. The molecule has 1 aliphatic heterocycles. The summed E-state index contributed by atoms with van der Waals surface area (Å²) in [5, 5.41) is 0. The summed E-state index contributed by atoms with van der Waals surface area (Å²) < 4.78 is 13.1. The number of amides is 1. The van der Waals surface area contributed by atoms with Gasteiger partial charge in [-0.1, -0.05) is 23.8 Å². The van der Waals surface area contributed by atoms with E-state index in [1.54, 1.807) is 11.2 Å². The van der Waals surface area contributed by atoms with E-state index >= 15 is 0 Å². The first-order valence-corrected chi connectivity index (χ1v) is 9.29. The van der Waals surface area contributed by atoms with Crippen LogP contribution in [0.5, 0.6) is 0 Å². The summed E-state index contributed by atoms with van der Waals surface area (Å²) >= 11 is 0. The Morgan fingerprint density at radius 2 is 1.71 bits per heavy atom. The molecule has 0 atom stereocenters. The molecule has 5 nitrogen and oxygen atoms in total. The first-order chi connectivity index (χ1) is 13.6. The lowest BCUT2D eigenvalue weighted by Gasteiger charge is -2.35. The lowest BCUT2D eigenvalue weighted by atomic mass is 10.1. The predicted octanol–water partition coefficient (Wildman–Crippen LogP) is 3.55. The molecule has 28 heavy (non-hydrogen) atoms. The first kappa shape index (κ1) is 18.1. The molecule has 1 aliphatic rings. The van der Waals surface area contributed by atoms with E-state index in [2.05, 4.69) is 33.9 Å². The third-order valence-electron chi connectivity index (χ3n) is 4.95. The zero-order valence-corrected chi connectivity index (χ0v) is 15.7. The highest BCUT2D eigenvalue weighted by Gasteiger charge is 2.23. The number of piperazine rings is 1. The maximum atomic E-state index is 13.1. The van der Waals surface area contributed by atoms with Crippen molar-refractivity contribution in [2.75, 3.05) is 31.1 Å². The second-order valence-corrected chi connectivity index (χ2v) is 6.92. The van der Waals surface area contributed by atoms with Crippen LogP contribution in [0.2, 0.25) is 0 Å². The molecule has 1 amide bonds. The Balaban J connectivity index is 1.44. The molecule has 0 unspecified atom stereocenters. The molecular weight excluding hydrogens is 355 g/mol. The molecule has 3 aromatic rings. The zero-order chi connectivity index (χ0) is 19.5. The van der Waals surface area contributed by atoms with Crippen molar-refractivity contribution >= 4 is 11.7 Å². The smallest absolute Gasteiger partial charge is 0.253 e. The molecule has 4 rings (SSSR count). The molecule has 6 heteroatoms. The fourth-order valence-corrected chi connectivity index (χ4v) is 3.40. The topological polar surface area (TPSA) is 49.3 Å². The van der Waals surface area contributed by atoms with Crippen molar-refractivity contribution < 1.29 is 9.18 Å². The van der Waals surface area contributed by atoms with Gasteiger partial charge in [0.25, 0.3) is 5.91 Å². The molecule has 2 aromatic carbocycles. The second-order valence-electron chi connectivity index (χ2n) is 6.92. The average molecular weight is 376 g/mol. The van der Waals surface area contributed by atoms with Crippen LogP contribution in [0.4, 0.5) is 10.2 Å². The highest BCUT2D eigenvalue weighted by atomic mass is 19.1. The number of rotatable bonds is 3. The van der Waals surface area contributed by atoms with Gasteiger partial charge < -0.3 is 9.80 Å². The first-order valence-electron chi connectivity index (χ1n) is 9.29. The van der Waals surface area contributed by atoms with Gasteiger partial charge in [-0.2, -0.15) is 0 Å². The van der Waals surface area contributed by atoms with Crippen molar-refractivity contribution in [1.29, 1.82) is 0 Å². The van der Waals surface area contributed by atoms with E-state index in [-0.39, 0.29) is 11.7 Å². The molecule has 1 aromatic heterocycles. The monoisotopic (exact) mass is 376 g/mol. The maximum absolute atomic E-state index is 13.1.